The Labute approximate surface area is 243 Å². The first-order valence-electron chi connectivity index (χ1n) is 13.9. The molecule has 2 heterocycles. The molecule has 0 atom stereocenters. The van der Waals surface area contributed by atoms with E-state index in [0.29, 0.717) is 0 Å². The summed E-state index contributed by atoms with van der Waals surface area (Å²) in [6, 6.07) is 56.4. The molecule has 3 heteroatoms. The third kappa shape index (κ3) is 4.02. The summed E-state index contributed by atoms with van der Waals surface area (Å²) < 4.78 is 5.08. The highest BCUT2D eigenvalue weighted by Crippen LogP contribution is 2.43. The smallest absolute Gasteiger partial charge is 0.0727 e. The number of benzene rings is 6. The van der Waals surface area contributed by atoms with Crippen LogP contribution >= 0.6 is 11.3 Å². The second-order valence-corrected chi connectivity index (χ2v) is 11.3. The van der Waals surface area contributed by atoms with E-state index >= 15 is 0 Å². The molecule has 2 nitrogen and oxygen atoms in total. The molecule has 0 aliphatic carbocycles. The zero-order chi connectivity index (χ0) is 27.2. The van der Waals surface area contributed by atoms with Crippen LogP contribution in [0.25, 0.3) is 48.0 Å². The van der Waals surface area contributed by atoms with Crippen LogP contribution in [0.3, 0.4) is 0 Å². The van der Waals surface area contributed by atoms with Gasteiger partial charge in [0.05, 0.1) is 15.7 Å². The molecular formula is C38H26N2S. The number of fused-ring (bicyclic) bond motifs is 5. The Morgan fingerprint density at radius 2 is 1.02 bits per heavy atom. The molecule has 0 unspecified atom stereocenters. The van der Waals surface area contributed by atoms with Crippen LogP contribution in [-0.2, 0) is 0 Å². The van der Waals surface area contributed by atoms with Gasteiger partial charge in [-0.1, -0.05) is 91.0 Å². The Hall–Kier alpha value is -5.12. The van der Waals surface area contributed by atoms with Gasteiger partial charge in [0.15, 0.2) is 0 Å². The summed E-state index contributed by atoms with van der Waals surface area (Å²) in [4.78, 5) is 2.30. The molecule has 6 aromatic carbocycles. The van der Waals surface area contributed by atoms with Gasteiger partial charge in [0, 0.05) is 38.2 Å². The average Bonchev–Trinajstić information content (AvgIpc) is 3.57. The zero-order valence-corrected chi connectivity index (χ0v) is 23.1. The van der Waals surface area contributed by atoms with E-state index in [2.05, 4.69) is 167 Å². The molecule has 0 radical (unpaired) electrons. The highest BCUT2D eigenvalue weighted by atomic mass is 32.1. The van der Waals surface area contributed by atoms with Gasteiger partial charge >= 0.3 is 0 Å². The molecule has 194 valence electrons. The molecule has 0 spiro atoms. The molecule has 2 aromatic heterocycles. The van der Waals surface area contributed by atoms with Crippen LogP contribution in [0.1, 0.15) is 0 Å². The largest absolute Gasteiger partial charge is 0.311 e. The van der Waals surface area contributed by atoms with Gasteiger partial charge in [-0.05, 0) is 77.9 Å². The van der Waals surface area contributed by atoms with E-state index in [1.165, 1.54) is 48.0 Å². The maximum atomic E-state index is 2.42. The number of aromatic nitrogens is 1. The van der Waals surface area contributed by atoms with Crippen LogP contribution in [0.5, 0.6) is 0 Å². The van der Waals surface area contributed by atoms with Crippen molar-refractivity contribution in [1.82, 2.24) is 4.57 Å². The van der Waals surface area contributed by atoms with Crippen molar-refractivity contribution in [3.05, 3.63) is 158 Å². The first-order valence-corrected chi connectivity index (χ1v) is 14.7. The van der Waals surface area contributed by atoms with Crippen molar-refractivity contribution in [3.63, 3.8) is 0 Å². The zero-order valence-electron chi connectivity index (χ0n) is 22.3. The van der Waals surface area contributed by atoms with Crippen molar-refractivity contribution in [2.24, 2.45) is 0 Å². The number of hydrogen-bond acceptors (Lipinski definition) is 2. The molecule has 8 rings (SSSR count). The summed E-state index contributed by atoms with van der Waals surface area (Å²) in [5, 5.41) is 2.60. The fourth-order valence-corrected chi connectivity index (χ4v) is 7.11. The number of rotatable bonds is 5. The van der Waals surface area contributed by atoms with Crippen LogP contribution in [0.4, 0.5) is 17.1 Å². The van der Waals surface area contributed by atoms with E-state index in [1.807, 2.05) is 11.3 Å². The predicted octanol–water partition coefficient (Wildman–Crippen LogP) is 11.1. The third-order valence-corrected chi connectivity index (χ3v) is 8.97. The first kappa shape index (κ1) is 23.7. The molecule has 0 bridgehead atoms. The highest BCUT2D eigenvalue weighted by molar-refractivity contribution is 7.26. The number of thiophene rings is 1. The Balaban J connectivity index is 1.26. The minimum absolute atomic E-state index is 1.13. The van der Waals surface area contributed by atoms with Gasteiger partial charge in [-0.25, -0.2) is 0 Å². The van der Waals surface area contributed by atoms with Crippen molar-refractivity contribution >= 4 is 59.6 Å². The molecule has 0 aliphatic heterocycles. The lowest BCUT2D eigenvalue weighted by molar-refractivity contribution is 1.19. The first-order chi connectivity index (χ1) is 20.3. The Morgan fingerprint density at radius 1 is 0.463 bits per heavy atom. The average molecular weight is 543 g/mol. The molecule has 0 aliphatic rings. The van der Waals surface area contributed by atoms with Gasteiger partial charge in [-0.3, -0.25) is 0 Å². The highest BCUT2D eigenvalue weighted by Gasteiger charge is 2.18. The van der Waals surface area contributed by atoms with Crippen molar-refractivity contribution in [2.75, 3.05) is 4.90 Å². The lowest BCUT2D eigenvalue weighted by Crippen LogP contribution is -2.09. The van der Waals surface area contributed by atoms with Crippen LogP contribution in [0.2, 0.25) is 0 Å². The third-order valence-electron chi connectivity index (χ3n) is 7.78. The van der Waals surface area contributed by atoms with Gasteiger partial charge in [-0.2, -0.15) is 0 Å². The van der Waals surface area contributed by atoms with Crippen LogP contribution in [0, 0.1) is 0 Å². The van der Waals surface area contributed by atoms with Crippen molar-refractivity contribution in [2.45, 2.75) is 0 Å². The predicted molar refractivity (Wildman–Crippen MR) is 176 cm³/mol. The summed E-state index contributed by atoms with van der Waals surface area (Å²) in [7, 11) is 0. The lowest BCUT2D eigenvalue weighted by Gasteiger charge is -2.25. The second-order valence-electron chi connectivity index (χ2n) is 10.2. The molecule has 8 aromatic rings. The number of para-hydroxylation sites is 3. The summed E-state index contributed by atoms with van der Waals surface area (Å²) in [5.41, 5.74) is 9.57. The van der Waals surface area contributed by atoms with E-state index in [9.17, 15) is 0 Å². The summed E-state index contributed by atoms with van der Waals surface area (Å²) in [5.74, 6) is 0. The topological polar surface area (TPSA) is 8.17 Å². The van der Waals surface area contributed by atoms with Crippen LogP contribution in [0.15, 0.2) is 158 Å². The molecule has 0 N–H and O–H groups in total. The van der Waals surface area contributed by atoms with E-state index in [1.54, 1.807) is 0 Å². The molecular weight excluding hydrogens is 516 g/mol. The van der Waals surface area contributed by atoms with Gasteiger partial charge in [0.1, 0.15) is 0 Å². The monoisotopic (exact) mass is 542 g/mol. The molecule has 0 saturated carbocycles. The lowest BCUT2D eigenvalue weighted by atomic mass is 10.0. The van der Waals surface area contributed by atoms with E-state index in [-0.39, 0.29) is 0 Å². The Kier molecular flexibility index (Phi) is 5.68. The Morgan fingerprint density at radius 3 is 1.71 bits per heavy atom. The Bertz CT molecular complexity index is 2090. The standard InChI is InChI=1S/C38H26N2S/c1-4-12-29(13-5-1)39(30-14-6-2-7-15-30)32-23-20-27(21-24-32)28-22-25-35-34(26-28)38-37(33-18-10-11-19-36(33)41-38)40(35)31-16-8-3-9-17-31/h1-26H. The summed E-state index contributed by atoms with van der Waals surface area (Å²) in [6.07, 6.45) is 0. The maximum absolute atomic E-state index is 2.42. The van der Waals surface area contributed by atoms with E-state index in [4.69, 9.17) is 0 Å². The molecule has 0 amide bonds. The minimum atomic E-state index is 1.13. The fraction of sp³-hybridized carbons (Fsp3) is 0. The maximum Gasteiger partial charge on any atom is 0.0727 e. The van der Waals surface area contributed by atoms with Crippen molar-refractivity contribution in [1.29, 1.82) is 0 Å². The number of hydrogen-bond donors (Lipinski definition) is 0. The quantitative estimate of drug-likeness (QED) is 0.210. The van der Waals surface area contributed by atoms with E-state index in [0.717, 1.165) is 17.1 Å². The van der Waals surface area contributed by atoms with Gasteiger partial charge in [-0.15, -0.1) is 11.3 Å². The van der Waals surface area contributed by atoms with E-state index < -0.39 is 0 Å². The normalized spacial score (nSPS) is 11.4. The SMILES string of the molecule is c1ccc(N(c2ccccc2)c2ccc(-c3ccc4c(c3)c3sc5ccccc5c3n4-c3ccccc3)cc2)cc1. The molecule has 41 heavy (non-hydrogen) atoms. The molecule has 0 saturated heterocycles. The molecule has 0 fully saturated rings. The minimum Gasteiger partial charge on any atom is -0.311 e. The fourth-order valence-electron chi connectivity index (χ4n) is 5.90. The summed E-state index contributed by atoms with van der Waals surface area (Å²) in [6.45, 7) is 0. The van der Waals surface area contributed by atoms with Crippen LogP contribution in [-0.4, -0.2) is 4.57 Å². The van der Waals surface area contributed by atoms with Crippen LogP contribution < -0.4 is 4.90 Å². The number of anilines is 3. The summed E-state index contributed by atoms with van der Waals surface area (Å²) >= 11 is 1.88. The van der Waals surface area contributed by atoms with Crippen molar-refractivity contribution in [3.8, 4) is 16.8 Å². The second kappa shape index (κ2) is 9.81. The number of nitrogens with zero attached hydrogens (tertiary/aromatic N) is 2. The van der Waals surface area contributed by atoms with Gasteiger partial charge in [0.25, 0.3) is 0 Å². The van der Waals surface area contributed by atoms with Crippen molar-refractivity contribution < 1.29 is 0 Å². The van der Waals surface area contributed by atoms with Gasteiger partial charge < -0.3 is 9.47 Å². The van der Waals surface area contributed by atoms with Gasteiger partial charge in [0.2, 0.25) is 0 Å².